The van der Waals surface area contributed by atoms with E-state index in [-0.39, 0.29) is 5.91 Å². The molecular weight excluding hydrogens is 248 g/mol. The van der Waals surface area contributed by atoms with Crippen molar-refractivity contribution >= 4 is 22.4 Å². The molecule has 0 spiro atoms. The van der Waals surface area contributed by atoms with Gasteiger partial charge in [-0.1, -0.05) is 42.0 Å². The highest BCUT2D eigenvalue weighted by Crippen LogP contribution is 2.22. The molecule has 0 fully saturated rings. The van der Waals surface area contributed by atoms with Crippen LogP contribution in [0.25, 0.3) is 10.8 Å². The lowest BCUT2D eigenvalue weighted by Gasteiger charge is -2.10. The normalized spacial score (nSPS) is 10.1. The monoisotopic (exact) mass is 268 g/mol. The quantitative estimate of drug-likeness (QED) is 0.645. The van der Waals surface area contributed by atoms with Crippen molar-refractivity contribution in [2.24, 2.45) is 0 Å². The van der Waals surface area contributed by atoms with E-state index in [9.17, 15) is 4.79 Å². The van der Waals surface area contributed by atoms with E-state index in [1.807, 2.05) is 32.0 Å². The first kappa shape index (κ1) is 14.1. The number of allylic oxidation sites excluding steroid dienone is 1. The molecule has 0 bridgehead atoms. The third-order valence-corrected chi connectivity index (χ3v) is 2.95. The fourth-order valence-electron chi connectivity index (χ4n) is 2.08. The smallest absolute Gasteiger partial charge is 0.243 e. The van der Waals surface area contributed by atoms with Crippen LogP contribution in [0, 0.1) is 0 Å². The van der Waals surface area contributed by atoms with Crippen molar-refractivity contribution in [1.82, 2.24) is 5.32 Å². The number of carbonyl (C=O) groups is 1. The van der Waals surface area contributed by atoms with Gasteiger partial charge in [0.05, 0.1) is 0 Å². The van der Waals surface area contributed by atoms with Crippen LogP contribution in [0.4, 0.5) is 5.69 Å². The second kappa shape index (κ2) is 6.75. The Kier molecular flexibility index (Phi) is 4.77. The van der Waals surface area contributed by atoms with Crippen molar-refractivity contribution in [3.63, 3.8) is 0 Å². The first-order chi connectivity index (χ1) is 9.66. The van der Waals surface area contributed by atoms with Gasteiger partial charge in [-0.2, -0.15) is 0 Å². The van der Waals surface area contributed by atoms with Crippen molar-refractivity contribution in [2.75, 3.05) is 18.4 Å². The van der Waals surface area contributed by atoms with Gasteiger partial charge in [-0.25, -0.2) is 0 Å². The highest BCUT2D eigenvalue weighted by Gasteiger charge is 1.99. The molecule has 0 saturated heterocycles. The van der Waals surface area contributed by atoms with Crippen molar-refractivity contribution < 1.29 is 4.79 Å². The Hall–Kier alpha value is -2.29. The molecule has 20 heavy (non-hydrogen) atoms. The Balaban J connectivity index is 1.90. The molecule has 0 unspecified atom stereocenters. The van der Waals surface area contributed by atoms with Crippen LogP contribution in [0.2, 0.25) is 0 Å². The topological polar surface area (TPSA) is 41.1 Å². The van der Waals surface area contributed by atoms with Gasteiger partial charge in [-0.15, -0.1) is 0 Å². The lowest BCUT2D eigenvalue weighted by molar-refractivity contribution is -0.116. The first-order valence-electron chi connectivity index (χ1n) is 6.81. The maximum absolute atomic E-state index is 11.5. The van der Waals surface area contributed by atoms with E-state index in [2.05, 4.69) is 34.9 Å². The molecule has 3 nitrogen and oxygen atoms in total. The molecule has 1 amide bonds. The summed E-state index contributed by atoms with van der Waals surface area (Å²) >= 11 is 0. The summed E-state index contributed by atoms with van der Waals surface area (Å²) in [5, 5.41) is 8.63. The van der Waals surface area contributed by atoms with E-state index in [4.69, 9.17) is 0 Å². The van der Waals surface area contributed by atoms with Crippen LogP contribution in [0.3, 0.4) is 0 Å². The third kappa shape index (κ3) is 3.85. The SMILES string of the molecule is CC(C)=CC(=O)NCCNc1cccc2ccccc12. The minimum absolute atomic E-state index is 0.0373. The number of amides is 1. The fourth-order valence-corrected chi connectivity index (χ4v) is 2.08. The van der Waals surface area contributed by atoms with E-state index >= 15 is 0 Å². The molecule has 0 aliphatic carbocycles. The number of nitrogens with one attached hydrogen (secondary N) is 2. The predicted molar refractivity (Wildman–Crippen MR) is 84.9 cm³/mol. The highest BCUT2D eigenvalue weighted by atomic mass is 16.1. The van der Waals surface area contributed by atoms with Gasteiger partial charge < -0.3 is 10.6 Å². The van der Waals surface area contributed by atoms with Gasteiger partial charge in [0.15, 0.2) is 0 Å². The minimum atomic E-state index is -0.0373. The average molecular weight is 268 g/mol. The summed E-state index contributed by atoms with van der Waals surface area (Å²) in [6.07, 6.45) is 1.61. The van der Waals surface area contributed by atoms with E-state index < -0.39 is 0 Å². The second-order valence-electron chi connectivity index (χ2n) is 4.97. The number of carbonyl (C=O) groups excluding carboxylic acids is 1. The highest BCUT2D eigenvalue weighted by molar-refractivity contribution is 5.93. The van der Waals surface area contributed by atoms with E-state index in [1.165, 1.54) is 10.8 Å². The molecule has 0 heterocycles. The van der Waals surface area contributed by atoms with Gasteiger partial charge in [-0.05, 0) is 25.3 Å². The molecule has 0 aromatic heterocycles. The number of hydrogen-bond acceptors (Lipinski definition) is 2. The molecule has 2 aromatic rings. The van der Waals surface area contributed by atoms with Gasteiger partial charge in [0, 0.05) is 30.2 Å². The Morgan fingerprint density at radius 3 is 2.60 bits per heavy atom. The zero-order valence-electron chi connectivity index (χ0n) is 11.9. The summed E-state index contributed by atoms with van der Waals surface area (Å²) in [5.41, 5.74) is 2.10. The van der Waals surface area contributed by atoms with E-state index in [0.717, 1.165) is 11.3 Å². The van der Waals surface area contributed by atoms with Crippen molar-refractivity contribution in [3.05, 3.63) is 54.1 Å². The predicted octanol–water partition coefficient (Wildman–Crippen LogP) is 3.33. The summed E-state index contributed by atoms with van der Waals surface area (Å²) in [6, 6.07) is 14.4. The molecule has 2 rings (SSSR count). The van der Waals surface area contributed by atoms with Gasteiger partial charge in [0.1, 0.15) is 0 Å². The van der Waals surface area contributed by atoms with Crippen molar-refractivity contribution in [3.8, 4) is 0 Å². The standard InChI is InChI=1S/C17H20N2O/c1-13(2)12-17(20)19-11-10-18-16-9-5-7-14-6-3-4-8-15(14)16/h3-9,12,18H,10-11H2,1-2H3,(H,19,20). The van der Waals surface area contributed by atoms with Crippen LogP contribution in [-0.4, -0.2) is 19.0 Å². The first-order valence-corrected chi connectivity index (χ1v) is 6.81. The Morgan fingerprint density at radius 1 is 1.05 bits per heavy atom. The molecule has 0 radical (unpaired) electrons. The van der Waals surface area contributed by atoms with Gasteiger partial charge in [0.25, 0.3) is 0 Å². The van der Waals surface area contributed by atoms with Crippen LogP contribution in [-0.2, 0) is 4.79 Å². The van der Waals surface area contributed by atoms with Crippen molar-refractivity contribution in [2.45, 2.75) is 13.8 Å². The van der Waals surface area contributed by atoms with Gasteiger partial charge in [0.2, 0.25) is 5.91 Å². The molecule has 0 saturated carbocycles. The Morgan fingerprint density at radius 2 is 1.80 bits per heavy atom. The number of benzene rings is 2. The number of rotatable bonds is 5. The summed E-state index contributed by atoms with van der Waals surface area (Å²) in [6.45, 7) is 5.13. The second-order valence-corrected chi connectivity index (χ2v) is 4.97. The number of anilines is 1. The largest absolute Gasteiger partial charge is 0.383 e. The molecule has 2 aromatic carbocycles. The fraction of sp³-hybridized carbons (Fsp3) is 0.235. The van der Waals surface area contributed by atoms with Crippen molar-refractivity contribution in [1.29, 1.82) is 0 Å². The molecule has 0 aliphatic heterocycles. The zero-order valence-corrected chi connectivity index (χ0v) is 11.9. The lowest BCUT2D eigenvalue weighted by Crippen LogP contribution is -2.27. The Bertz CT molecular complexity index is 622. The molecular formula is C17H20N2O. The molecule has 0 aliphatic rings. The van der Waals surface area contributed by atoms with Crippen LogP contribution in [0.5, 0.6) is 0 Å². The summed E-state index contributed by atoms with van der Waals surface area (Å²) < 4.78 is 0. The lowest BCUT2D eigenvalue weighted by atomic mass is 10.1. The summed E-state index contributed by atoms with van der Waals surface area (Å²) in [5.74, 6) is -0.0373. The van der Waals surface area contributed by atoms with Crippen LogP contribution < -0.4 is 10.6 Å². The maximum Gasteiger partial charge on any atom is 0.243 e. The van der Waals surface area contributed by atoms with E-state index in [1.54, 1.807) is 6.08 Å². The van der Waals surface area contributed by atoms with Crippen LogP contribution >= 0.6 is 0 Å². The zero-order chi connectivity index (χ0) is 14.4. The number of fused-ring (bicyclic) bond motifs is 1. The van der Waals surface area contributed by atoms with Crippen LogP contribution in [0.15, 0.2) is 54.1 Å². The Labute approximate surface area is 119 Å². The summed E-state index contributed by atoms with van der Waals surface area (Å²) in [4.78, 5) is 11.5. The minimum Gasteiger partial charge on any atom is -0.383 e. The van der Waals surface area contributed by atoms with Gasteiger partial charge in [-0.3, -0.25) is 4.79 Å². The van der Waals surface area contributed by atoms with Crippen LogP contribution in [0.1, 0.15) is 13.8 Å². The van der Waals surface area contributed by atoms with Gasteiger partial charge >= 0.3 is 0 Å². The molecule has 3 heteroatoms. The average Bonchev–Trinajstić information content (AvgIpc) is 2.43. The molecule has 104 valence electrons. The number of hydrogen-bond donors (Lipinski definition) is 2. The maximum atomic E-state index is 11.5. The molecule has 2 N–H and O–H groups in total. The third-order valence-electron chi connectivity index (χ3n) is 2.95. The van der Waals surface area contributed by atoms with E-state index in [0.29, 0.717) is 13.1 Å². The summed E-state index contributed by atoms with van der Waals surface area (Å²) in [7, 11) is 0. The molecule has 0 atom stereocenters.